The van der Waals surface area contributed by atoms with Crippen molar-refractivity contribution in [2.45, 2.75) is 26.4 Å². The molecule has 3 N–H and O–H groups in total. The lowest BCUT2D eigenvalue weighted by atomic mass is 10.1. The van der Waals surface area contributed by atoms with Crippen molar-refractivity contribution in [3.05, 3.63) is 23.3 Å². The fourth-order valence-electron chi connectivity index (χ4n) is 2.07. The van der Waals surface area contributed by atoms with Gasteiger partial charge in [-0.1, -0.05) is 0 Å². The SMILES string of the molecule is CCN(CC(C)(C)O)C(=O)c1sc2cnccc2c1N. The summed E-state index contributed by atoms with van der Waals surface area (Å²) in [6.07, 6.45) is 3.37. The molecule has 0 saturated heterocycles. The van der Waals surface area contributed by atoms with Crippen LogP contribution < -0.4 is 5.73 Å². The van der Waals surface area contributed by atoms with Crippen molar-refractivity contribution in [1.82, 2.24) is 9.88 Å². The van der Waals surface area contributed by atoms with E-state index in [1.165, 1.54) is 11.3 Å². The smallest absolute Gasteiger partial charge is 0.266 e. The average Bonchev–Trinajstić information content (AvgIpc) is 2.72. The van der Waals surface area contributed by atoms with Gasteiger partial charge in [0.25, 0.3) is 5.91 Å². The normalized spacial score (nSPS) is 11.8. The lowest BCUT2D eigenvalue weighted by Crippen LogP contribution is -2.42. The largest absolute Gasteiger partial charge is 0.397 e. The lowest BCUT2D eigenvalue weighted by Gasteiger charge is -2.27. The molecule has 2 aromatic rings. The summed E-state index contributed by atoms with van der Waals surface area (Å²) < 4.78 is 0.896. The molecular formula is C14H19N3O2S. The third-order valence-corrected chi connectivity index (χ3v) is 4.12. The first-order chi connectivity index (χ1) is 9.33. The molecule has 0 radical (unpaired) electrons. The van der Waals surface area contributed by atoms with Gasteiger partial charge in [0.2, 0.25) is 0 Å². The lowest BCUT2D eigenvalue weighted by molar-refractivity contribution is 0.0318. The van der Waals surface area contributed by atoms with Gasteiger partial charge in [-0.2, -0.15) is 0 Å². The van der Waals surface area contributed by atoms with Crippen LogP contribution in [0, 0.1) is 0 Å². The number of likely N-dealkylation sites (N-methyl/N-ethyl adjacent to an activating group) is 1. The number of carbonyl (C=O) groups is 1. The third-order valence-electron chi connectivity index (χ3n) is 2.97. The van der Waals surface area contributed by atoms with E-state index in [-0.39, 0.29) is 12.5 Å². The highest BCUT2D eigenvalue weighted by molar-refractivity contribution is 7.21. The molecule has 0 aromatic carbocycles. The van der Waals surface area contributed by atoms with Gasteiger partial charge in [-0.05, 0) is 26.8 Å². The maximum absolute atomic E-state index is 12.6. The Morgan fingerprint density at radius 1 is 1.55 bits per heavy atom. The number of thiophene rings is 1. The molecule has 0 aliphatic rings. The van der Waals surface area contributed by atoms with E-state index in [1.807, 2.05) is 13.0 Å². The molecule has 0 atom stereocenters. The molecule has 5 nitrogen and oxygen atoms in total. The van der Waals surface area contributed by atoms with Crippen LogP contribution in [0.3, 0.4) is 0 Å². The molecule has 0 spiro atoms. The summed E-state index contributed by atoms with van der Waals surface area (Å²) in [5, 5.41) is 10.7. The number of nitrogens with zero attached hydrogens (tertiary/aromatic N) is 2. The van der Waals surface area contributed by atoms with E-state index < -0.39 is 5.60 Å². The van der Waals surface area contributed by atoms with Crippen molar-refractivity contribution >= 4 is 33.0 Å². The molecule has 0 fully saturated rings. The van der Waals surface area contributed by atoms with Crippen LogP contribution in [-0.2, 0) is 0 Å². The quantitative estimate of drug-likeness (QED) is 0.905. The van der Waals surface area contributed by atoms with Crippen LogP contribution in [0.25, 0.3) is 10.1 Å². The Bertz CT molecular complexity index is 631. The number of amides is 1. The van der Waals surface area contributed by atoms with Crippen LogP contribution >= 0.6 is 11.3 Å². The van der Waals surface area contributed by atoms with Gasteiger partial charge in [0.1, 0.15) is 4.88 Å². The first-order valence-corrected chi connectivity index (χ1v) is 7.28. The molecule has 2 heterocycles. The van der Waals surface area contributed by atoms with Gasteiger partial charge in [-0.3, -0.25) is 9.78 Å². The highest BCUT2D eigenvalue weighted by atomic mass is 32.1. The number of hydrogen-bond acceptors (Lipinski definition) is 5. The van der Waals surface area contributed by atoms with Crippen LogP contribution in [-0.4, -0.2) is 39.6 Å². The van der Waals surface area contributed by atoms with Gasteiger partial charge < -0.3 is 15.7 Å². The minimum Gasteiger partial charge on any atom is -0.397 e. The molecule has 20 heavy (non-hydrogen) atoms. The van der Waals surface area contributed by atoms with E-state index in [9.17, 15) is 9.90 Å². The molecule has 2 rings (SSSR count). The number of carbonyl (C=O) groups excluding carboxylic acids is 1. The van der Waals surface area contributed by atoms with Gasteiger partial charge in [0, 0.05) is 30.9 Å². The Labute approximate surface area is 122 Å². The minimum absolute atomic E-state index is 0.145. The van der Waals surface area contributed by atoms with E-state index in [2.05, 4.69) is 4.98 Å². The number of nitrogen functional groups attached to an aromatic ring is 1. The van der Waals surface area contributed by atoms with Crippen molar-refractivity contribution < 1.29 is 9.90 Å². The number of hydrogen-bond donors (Lipinski definition) is 2. The van der Waals surface area contributed by atoms with Gasteiger partial charge >= 0.3 is 0 Å². The fourth-order valence-corrected chi connectivity index (χ4v) is 3.13. The summed E-state index contributed by atoms with van der Waals surface area (Å²) in [4.78, 5) is 18.7. The number of fused-ring (bicyclic) bond motifs is 1. The van der Waals surface area contributed by atoms with Gasteiger partial charge in [0.05, 0.1) is 16.0 Å². The summed E-state index contributed by atoms with van der Waals surface area (Å²) in [6, 6.07) is 1.81. The number of aliphatic hydroxyl groups is 1. The van der Waals surface area contributed by atoms with Crippen LogP contribution in [0.15, 0.2) is 18.5 Å². The zero-order chi connectivity index (χ0) is 14.9. The molecule has 1 amide bonds. The second kappa shape index (κ2) is 5.38. The third kappa shape index (κ3) is 2.91. The predicted molar refractivity (Wildman–Crippen MR) is 81.9 cm³/mol. The van der Waals surface area contributed by atoms with Crippen molar-refractivity contribution in [3.63, 3.8) is 0 Å². The molecule has 0 aliphatic carbocycles. The van der Waals surface area contributed by atoms with Crippen LogP contribution in [0.1, 0.15) is 30.4 Å². The summed E-state index contributed by atoms with van der Waals surface area (Å²) >= 11 is 1.34. The Kier molecular flexibility index (Phi) is 3.96. The van der Waals surface area contributed by atoms with Crippen molar-refractivity contribution in [2.24, 2.45) is 0 Å². The van der Waals surface area contributed by atoms with E-state index in [0.29, 0.717) is 17.1 Å². The van der Waals surface area contributed by atoms with E-state index in [0.717, 1.165) is 10.1 Å². The summed E-state index contributed by atoms with van der Waals surface area (Å²) in [6.45, 7) is 6.04. The predicted octanol–water partition coefficient (Wildman–Crippen LogP) is 2.11. The van der Waals surface area contributed by atoms with E-state index in [4.69, 9.17) is 5.73 Å². The van der Waals surface area contributed by atoms with Gasteiger partial charge in [-0.25, -0.2) is 0 Å². The Morgan fingerprint density at radius 3 is 2.80 bits per heavy atom. The number of pyridine rings is 1. The maximum atomic E-state index is 12.6. The summed E-state index contributed by atoms with van der Waals surface area (Å²) in [7, 11) is 0. The van der Waals surface area contributed by atoms with Crippen LogP contribution in [0.5, 0.6) is 0 Å². The zero-order valence-corrected chi connectivity index (χ0v) is 12.7. The molecular weight excluding hydrogens is 274 g/mol. The van der Waals surface area contributed by atoms with Crippen molar-refractivity contribution in [3.8, 4) is 0 Å². The van der Waals surface area contributed by atoms with Crippen molar-refractivity contribution in [1.29, 1.82) is 0 Å². The van der Waals surface area contributed by atoms with E-state index in [1.54, 1.807) is 31.1 Å². The summed E-state index contributed by atoms with van der Waals surface area (Å²) in [5.41, 5.74) is 5.63. The topological polar surface area (TPSA) is 79.5 Å². The Balaban J connectivity index is 2.37. The highest BCUT2D eigenvalue weighted by Gasteiger charge is 2.25. The second-order valence-corrected chi connectivity index (χ2v) is 6.40. The number of nitrogens with two attached hydrogens (primary N) is 1. The first kappa shape index (κ1) is 14.7. The van der Waals surface area contributed by atoms with Crippen molar-refractivity contribution in [2.75, 3.05) is 18.8 Å². The molecule has 0 unspecified atom stereocenters. The maximum Gasteiger partial charge on any atom is 0.266 e. The fraction of sp³-hybridized carbons (Fsp3) is 0.429. The second-order valence-electron chi connectivity index (χ2n) is 5.35. The molecule has 108 valence electrons. The molecule has 0 saturated carbocycles. The number of aromatic nitrogens is 1. The molecule has 2 aromatic heterocycles. The molecule has 0 bridgehead atoms. The first-order valence-electron chi connectivity index (χ1n) is 6.47. The van der Waals surface area contributed by atoms with Gasteiger partial charge in [-0.15, -0.1) is 11.3 Å². The minimum atomic E-state index is -0.932. The average molecular weight is 293 g/mol. The highest BCUT2D eigenvalue weighted by Crippen LogP contribution is 2.33. The van der Waals surface area contributed by atoms with E-state index >= 15 is 0 Å². The molecule has 0 aliphatic heterocycles. The number of anilines is 1. The van der Waals surface area contributed by atoms with Crippen LogP contribution in [0.2, 0.25) is 0 Å². The Hall–Kier alpha value is -1.66. The van der Waals surface area contributed by atoms with Gasteiger partial charge in [0.15, 0.2) is 0 Å². The standard InChI is InChI=1S/C14H19N3O2S/c1-4-17(8-14(2,3)19)13(18)12-11(15)9-5-6-16-7-10(9)20-12/h5-7,19H,4,8,15H2,1-3H3. The molecule has 6 heteroatoms. The van der Waals surface area contributed by atoms with Crippen LogP contribution in [0.4, 0.5) is 5.69 Å². The summed E-state index contributed by atoms with van der Waals surface area (Å²) in [5.74, 6) is -0.145. The Morgan fingerprint density at radius 2 is 2.25 bits per heavy atom. The number of rotatable bonds is 4. The zero-order valence-electron chi connectivity index (χ0n) is 11.9. The monoisotopic (exact) mass is 293 g/mol.